The van der Waals surface area contributed by atoms with E-state index in [1.165, 1.54) is 43.5 Å². The minimum Gasteiger partial charge on any atom is -0.352 e. The van der Waals surface area contributed by atoms with E-state index in [0.717, 1.165) is 12.8 Å². The molecule has 4 nitrogen and oxygen atoms in total. The molecule has 1 saturated carbocycles. The maximum absolute atomic E-state index is 12.8. The molecule has 0 spiro atoms. The first-order valence-electron chi connectivity index (χ1n) is 8.38. The molecule has 1 aromatic carbocycles. The highest BCUT2D eigenvalue weighted by atomic mass is 35.5. The van der Waals surface area contributed by atoms with Crippen LogP contribution >= 0.6 is 12.4 Å². The number of rotatable bonds is 7. The third kappa shape index (κ3) is 6.21. The second kappa shape index (κ2) is 10.4. The van der Waals surface area contributed by atoms with Crippen LogP contribution in [-0.4, -0.2) is 24.3 Å². The molecule has 1 aliphatic rings. The summed E-state index contributed by atoms with van der Waals surface area (Å²) in [5.41, 5.74) is 6.23. The first kappa shape index (κ1) is 20.6. The fourth-order valence-electron chi connectivity index (χ4n) is 3.19. The summed E-state index contributed by atoms with van der Waals surface area (Å²) in [6.45, 7) is 0.433. The van der Waals surface area contributed by atoms with Gasteiger partial charge in [-0.1, -0.05) is 19.3 Å². The van der Waals surface area contributed by atoms with Crippen LogP contribution < -0.4 is 11.1 Å². The average molecular weight is 357 g/mol. The number of nitrogens with one attached hydrogen (secondary N) is 1. The molecular weight excluding hydrogens is 331 g/mol. The highest BCUT2D eigenvalue weighted by Crippen LogP contribution is 2.26. The van der Waals surface area contributed by atoms with E-state index in [2.05, 4.69) is 5.32 Å². The summed E-state index contributed by atoms with van der Waals surface area (Å²) in [7, 11) is 0. The summed E-state index contributed by atoms with van der Waals surface area (Å²) in [6.07, 6.45) is 6.13. The van der Waals surface area contributed by atoms with Gasteiger partial charge in [-0.15, -0.1) is 12.4 Å². The number of hydrogen-bond acceptors (Lipinski definition) is 3. The Morgan fingerprint density at radius 2 is 1.75 bits per heavy atom. The van der Waals surface area contributed by atoms with Crippen molar-refractivity contribution in [3.05, 3.63) is 35.6 Å². The minimum absolute atomic E-state index is 0. The van der Waals surface area contributed by atoms with Crippen molar-refractivity contribution < 1.29 is 14.0 Å². The van der Waals surface area contributed by atoms with E-state index in [1.807, 2.05) is 0 Å². The Morgan fingerprint density at radius 1 is 1.12 bits per heavy atom. The molecule has 1 unspecified atom stereocenters. The standard InChI is InChI=1S/C18H25FN2O2.ClH/c19-15-8-6-14(7-9-15)17(22)10-11-18(23)21-16(12-20)13-4-2-1-3-5-13;/h6-9,13,16H,1-5,10-12,20H2,(H,21,23);1H. The van der Waals surface area contributed by atoms with Crippen molar-refractivity contribution in [1.82, 2.24) is 5.32 Å². The van der Waals surface area contributed by atoms with Crippen molar-refractivity contribution in [3.63, 3.8) is 0 Å². The Morgan fingerprint density at radius 3 is 2.33 bits per heavy atom. The topological polar surface area (TPSA) is 72.2 Å². The number of Topliss-reactive ketones (excluding diaryl/α,β-unsaturated/α-hetero) is 1. The maximum Gasteiger partial charge on any atom is 0.220 e. The molecule has 0 bridgehead atoms. The van der Waals surface area contributed by atoms with Crippen LogP contribution in [0.2, 0.25) is 0 Å². The van der Waals surface area contributed by atoms with E-state index < -0.39 is 0 Å². The highest BCUT2D eigenvalue weighted by molar-refractivity contribution is 5.97. The van der Waals surface area contributed by atoms with Crippen molar-refractivity contribution in [1.29, 1.82) is 0 Å². The summed E-state index contributed by atoms with van der Waals surface area (Å²) in [5.74, 6) is -0.216. The van der Waals surface area contributed by atoms with Gasteiger partial charge in [0.1, 0.15) is 5.82 Å². The Balaban J connectivity index is 0.00000288. The van der Waals surface area contributed by atoms with Crippen LogP contribution in [0, 0.1) is 11.7 Å². The van der Waals surface area contributed by atoms with E-state index in [-0.39, 0.29) is 48.8 Å². The van der Waals surface area contributed by atoms with Gasteiger partial charge in [0.15, 0.2) is 5.78 Å². The number of halogens is 2. The van der Waals surface area contributed by atoms with Gasteiger partial charge in [0.2, 0.25) is 5.91 Å². The zero-order valence-electron chi connectivity index (χ0n) is 13.8. The molecule has 0 aromatic heterocycles. The normalized spacial score (nSPS) is 16.1. The Hall–Kier alpha value is -1.46. The van der Waals surface area contributed by atoms with Gasteiger partial charge < -0.3 is 11.1 Å². The highest BCUT2D eigenvalue weighted by Gasteiger charge is 2.24. The van der Waals surface area contributed by atoms with Gasteiger partial charge in [-0.25, -0.2) is 4.39 Å². The number of amides is 1. The molecule has 134 valence electrons. The Labute approximate surface area is 148 Å². The number of ketones is 1. The molecule has 2 rings (SSSR count). The van der Waals surface area contributed by atoms with Crippen molar-refractivity contribution in [2.45, 2.75) is 51.0 Å². The number of benzene rings is 1. The maximum atomic E-state index is 12.8. The third-order valence-corrected chi connectivity index (χ3v) is 4.56. The largest absolute Gasteiger partial charge is 0.352 e. The van der Waals surface area contributed by atoms with E-state index in [9.17, 15) is 14.0 Å². The van der Waals surface area contributed by atoms with Gasteiger partial charge in [0.25, 0.3) is 0 Å². The predicted octanol–water partition coefficient (Wildman–Crippen LogP) is 3.23. The monoisotopic (exact) mass is 356 g/mol. The van der Waals surface area contributed by atoms with Crippen molar-refractivity contribution in [3.8, 4) is 0 Å². The van der Waals surface area contributed by atoms with Crippen LogP contribution in [0.3, 0.4) is 0 Å². The van der Waals surface area contributed by atoms with Gasteiger partial charge in [0.05, 0.1) is 0 Å². The molecule has 6 heteroatoms. The lowest BCUT2D eigenvalue weighted by molar-refractivity contribution is -0.122. The summed E-state index contributed by atoms with van der Waals surface area (Å²) in [4.78, 5) is 24.1. The van der Waals surface area contributed by atoms with Crippen LogP contribution in [0.4, 0.5) is 4.39 Å². The molecular formula is C18H26ClFN2O2. The van der Waals surface area contributed by atoms with Crippen molar-refractivity contribution in [2.75, 3.05) is 6.54 Å². The summed E-state index contributed by atoms with van der Waals surface area (Å²) in [5, 5.41) is 2.98. The molecule has 1 aliphatic carbocycles. The van der Waals surface area contributed by atoms with Crippen LogP contribution in [-0.2, 0) is 4.79 Å². The summed E-state index contributed by atoms with van der Waals surface area (Å²) in [6, 6.07) is 5.39. The molecule has 0 heterocycles. The molecule has 1 amide bonds. The second-order valence-electron chi connectivity index (χ2n) is 6.24. The number of carbonyl (C=O) groups excluding carboxylic acids is 2. The van der Waals surface area contributed by atoms with Crippen LogP contribution in [0.15, 0.2) is 24.3 Å². The quantitative estimate of drug-likeness (QED) is 0.737. The van der Waals surface area contributed by atoms with Gasteiger partial charge in [0, 0.05) is 31.0 Å². The lowest BCUT2D eigenvalue weighted by Gasteiger charge is -2.30. The molecule has 0 saturated heterocycles. The first-order valence-corrected chi connectivity index (χ1v) is 8.38. The van der Waals surface area contributed by atoms with Crippen LogP contribution in [0.1, 0.15) is 55.3 Å². The average Bonchev–Trinajstić information content (AvgIpc) is 2.59. The van der Waals surface area contributed by atoms with E-state index in [1.54, 1.807) is 0 Å². The van der Waals surface area contributed by atoms with Crippen molar-refractivity contribution >= 4 is 24.1 Å². The first-order chi connectivity index (χ1) is 11.1. The smallest absolute Gasteiger partial charge is 0.220 e. The van der Waals surface area contributed by atoms with E-state index in [4.69, 9.17) is 5.73 Å². The fourth-order valence-corrected chi connectivity index (χ4v) is 3.19. The van der Waals surface area contributed by atoms with E-state index >= 15 is 0 Å². The number of carbonyl (C=O) groups is 2. The number of hydrogen-bond donors (Lipinski definition) is 2. The van der Waals surface area contributed by atoms with Crippen LogP contribution in [0.5, 0.6) is 0 Å². The van der Waals surface area contributed by atoms with Crippen LogP contribution in [0.25, 0.3) is 0 Å². The minimum atomic E-state index is -0.377. The fraction of sp³-hybridized carbons (Fsp3) is 0.556. The molecule has 1 aromatic rings. The van der Waals surface area contributed by atoms with Gasteiger partial charge in [-0.3, -0.25) is 9.59 Å². The van der Waals surface area contributed by atoms with Crippen molar-refractivity contribution in [2.24, 2.45) is 11.7 Å². The third-order valence-electron chi connectivity index (χ3n) is 4.56. The van der Waals surface area contributed by atoms with Gasteiger partial charge >= 0.3 is 0 Å². The number of nitrogens with two attached hydrogens (primary N) is 1. The summed E-state index contributed by atoms with van der Waals surface area (Å²) >= 11 is 0. The molecule has 0 aliphatic heterocycles. The molecule has 1 fully saturated rings. The second-order valence-corrected chi connectivity index (χ2v) is 6.24. The molecule has 3 N–H and O–H groups in total. The Kier molecular flexibility index (Phi) is 8.93. The lowest BCUT2D eigenvalue weighted by atomic mass is 9.84. The zero-order chi connectivity index (χ0) is 16.7. The molecule has 24 heavy (non-hydrogen) atoms. The lowest BCUT2D eigenvalue weighted by Crippen LogP contribution is -2.45. The predicted molar refractivity (Wildman–Crippen MR) is 94.8 cm³/mol. The Bertz CT molecular complexity index is 530. The molecule has 0 radical (unpaired) electrons. The zero-order valence-corrected chi connectivity index (χ0v) is 14.6. The van der Waals surface area contributed by atoms with Gasteiger partial charge in [-0.2, -0.15) is 0 Å². The van der Waals surface area contributed by atoms with Gasteiger partial charge in [-0.05, 0) is 43.0 Å². The molecule has 1 atom stereocenters. The van der Waals surface area contributed by atoms with E-state index in [0.29, 0.717) is 18.0 Å². The summed E-state index contributed by atoms with van der Waals surface area (Å²) < 4.78 is 12.8. The SMILES string of the molecule is Cl.NCC(NC(=O)CCC(=O)c1ccc(F)cc1)C1CCCCC1.